The minimum absolute atomic E-state index is 0.000264. The number of hydrogen-bond donors (Lipinski definition) is 1. The zero-order valence-corrected chi connectivity index (χ0v) is 16.0. The normalized spacial score (nSPS) is 14.8. The molecule has 6 nitrogen and oxygen atoms in total. The van der Waals surface area contributed by atoms with Crippen molar-refractivity contribution in [3.63, 3.8) is 0 Å². The molecule has 0 bridgehead atoms. The van der Waals surface area contributed by atoms with Crippen molar-refractivity contribution in [2.45, 2.75) is 19.3 Å². The Balaban J connectivity index is 1.30. The number of halogens is 1. The van der Waals surface area contributed by atoms with E-state index in [0.29, 0.717) is 17.5 Å². The van der Waals surface area contributed by atoms with Gasteiger partial charge in [0.25, 0.3) is 0 Å². The maximum absolute atomic E-state index is 13.3. The third-order valence-electron chi connectivity index (χ3n) is 4.75. The highest BCUT2D eigenvalue weighted by Gasteiger charge is 2.26. The van der Waals surface area contributed by atoms with E-state index in [9.17, 15) is 9.18 Å². The van der Waals surface area contributed by atoms with Crippen molar-refractivity contribution in [3.8, 4) is 0 Å². The fraction of sp³-hybridized carbons (Fsp3) is 0.300. The van der Waals surface area contributed by atoms with E-state index in [0.717, 1.165) is 36.4 Å². The molecule has 1 aliphatic rings. The fourth-order valence-electron chi connectivity index (χ4n) is 3.30. The first-order chi connectivity index (χ1) is 13.7. The number of rotatable bonds is 5. The van der Waals surface area contributed by atoms with Crippen LogP contribution in [0.2, 0.25) is 0 Å². The Morgan fingerprint density at radius 1 is 1.18 bits per heavy atom. The second-order valence-corrected chi connectivity index (χ2v) is 7.85. The topological polar surface area (TPSA) is 71.0 Å². The van der Waals surface area contributed by atoms with Gasteiger partial charge in [0.2, 0.25) is 11.9 Å². The Kier molecular flexibility index (Phi) is 5.57. The number of piperidine rings is 1. The number of carbonyl (C=O) groups excluding carboxylic acids is 1. The average molecular weight is 397 g/mol. The van der Waals surface area contributed by atoms with E-state index in [4.69, 9.17) is 0 Å². The molecule has 1 amide bonds. The van der Waals surface area contributed by atoms with E-state index in [1.807, 2.05) is 6.07 Å². The molecule has 0 radical (unpaired) electrons. The smallest absolute Gasteiger partial charge is 0.229 e. The largest absolute Gasteiger partial charge is 0.341 e. The van der Waals surface area contributed by atoms with Crippen LogP contribution < -0.4 is 10.2 Å². The summed E-state index contributed by atoms with van der Waals surface area (Å²) in [5.41, 5.74) is 0.886. The van der Waals surface area contributed by atoms with Gasteiger partial charge in [-0.1, -0.05) is 12.1 Å². The van der Waals surface area contributed by atoms with Gasteiger partial charge in [-0.2, -0.15) is 0 Å². The van der Waals surface area contributed by atoms with Crippen LogP contribution in [0.5, 0.6) is 0 Å². The van der Waals surface area contributed by atoms with Crippen molar-refractivity contribution in [2.75, 3.05) is 23.3 Å². The lowest BCUT2D eigenvalue weighted by Crippen LogP contribution is -2.38. The van der Waals surface area contributed by atoms with Crippen LogP contribution in [0, 0.1) is 11.7 Å². The van der Waals surface area contributed by atoms with Crippen LogP contribution in [0.3, 0.4) is 0 Å². The molecule has 1 aliphatic heterocycles. The van der Waals surface area contributed by atoms with Crippen molar-refractivity contribution < 1.29 is 9.18 Å². The molecule has 1 N–H and O–H groups in total. The molecule has 0 aliphatic carbocycles. The van der Waals surface area contributed by atoms with Gasteiger partial charge in [0.05, 0.1) is 0 Å². The molecule has 3 aromatic rings. The molecule has 28 heavy (non-hydrogen) atoms. The second kappa shape index (κ2) is 8.43. The quantitative estimate of drug-likeness (QED) is 0.713. The van der Waals surface area contributed by atoms with E-state index in [-0.39, 0.29) is 17.6 Å². The van der Waals surface area contributed by atoms with E-state index in [1.54, 1.807) is 30.7 Å². The lowest BCUT2D eigenvalue weighted by Gasteiger charge is -2.30. The van der Waals surface area contributed by atoms with Crippen molar-refractivity contribution in [1.29, 1.82) is 0 Å². The van der Waals surface area contributed by atoms with Gasteiger partial charge in [-0.15, -0.1) is 11.3 Å². The minimum Gasteiger partial charge on any atom is -0.341 e. The number of hydrogen-bond acceptors (Lipinski definition) is 6. The highest BCUT2D eigenvalue weighted by molar-refractivity contribution is 7.15. The number of amides is 1. The van der Waals surface area contributed by atoms with Crippen LogP contribution in [0.4, 0.5) is 15.5 Å². The Morgan fingerprint density at radius 2 is 1.96 bits per heavy atom. The number of nitrogens with zero attached hydrogens (tertiary/aromatic N) is 4. The first kappa shape index (κ1) is 18.5. The summed E-state index contributed by atoms with van der Waals surface area (Å²) in [6, 6.07) is 8.31. The zero-order valence-electron chi connectivity index (χ0n) is 15.2. The fourth-order valence-corrected chi connectivity index (χ4v) is 4.15. The summed E-state index contributed by atoms with van der Waals surface area (Å²) in [5, 5.41) is 3.52. The van der Waals surface area contributed by atoms with Crippen LogP contribution in [-0.2, 0) is 11.2 Å². The van der Waals surface area contributed by atoms with Crippen molar-refractivity contribution in [1.82, 2.24) is 15.0 Å². The molecule has 3 heterocycles. The van der Waals surface area contributed by atoms with E-state index < -0.39 is 0 Å². The van der Waals surface area contributed by atoms with E-state index >= 15 is 0 Å². The van der Waals surface area contributed by atoms with Gasteiger partial charge < -0.3 is 10.2 Å². The number of benzene rings is 1. The van der Waals surface area contributed by atoms with Gasteiger partial charge in [-0.3, -0.25) is 4.79 Å². The van der Waals surface area contributed by atoms with Crippen LogP contribution in [-0.4, -0.2) is 33.9 Å². The molecule has 0 unspecified atom stereocenters. The maximum atomic E-state index is 13.3. The third kappa shape index (κ3) is 4.51. The van der Waals surface area contributed by atoms with E-state index in [2.05, 4.69) is 25.2 Å². The first-order valence-corrected chi connectivity index (χ1v) is 10.0. The Morgan fingerprint density at radius 3 is 2.71 bits per heavy atom. The molecular formula is C20H20FN5OS. The van der Waals surface area contributed by atoms with Gasteiger partial charge in [0.15, 0.2) is 5.13 Å². The summed E-state index contributed by atoms with van der Waals surface area (Å²) in [6.07, 6.45) is 7.30. The highest BCUT2D eigenvalue weighted by atomic mass is 32.1. The lowest BCUT2D eigenvalue weighted by molar-refractivity contribution is -0.120. The predicted molar refractivity (Wildman–Crippen MR) is 107 cm³/mol. The summed E-state index contributed by atoms with van der Waals surface area (Å²) in [7, 11) is 0. The summed E-state index contributed by atoms with van der Waals surface area (Å²) >= 11 is 1.43. The molecule has 1 saturated heterocycles. The molecule has 1 fully saturated rings. The first-order valence-electron chi connectivity index (χ1n) is 9.19. The third-order valence-corrected chi connectivity index (χ3v) is 5.66. The molecule has 0 saturated carbocycles. The molecule has 0 atom stereocenters. The summed E-state index contributed by atoms with van der Waals surface area (Å²) in [5.74, 6) is 0.418. The van der Waals surface area contributed by atoms with Gasteiger partial charge in [-0.05, 0) is 36.6 Å². The Hall–Kier alpha value is -2.87. The van der Waals surface area contributed by atoms with Crippen molar-refractivity contribution in [2.24, 2.45) is 5.92 Å². The standard InChI is InChI=1S/C20H20FN5OS/c21-16-4-1-3-14(11-16)12-17-13-24-20(28-17)25-18(27)15-5-9-26(10-6-15)19-22-7-2-8-23-19/h1-4,7-8,11,13,15H,5-6,9-10,12H2,(H,24,25,27). The second-order valence-electron chi connectivity index (χ2n) is 6.74. The molecule has 2 aromatic heterocycles. The van der Waals surface area contributed by atoms with Crippen LogP contribution in [0.25, 0.3) is 0 Å². The summed E-state index contributed by atoms with van der Waals surface area (Å²) in [6.45, 7) is 1.51. The van der Waals surface area contributed by atoms with Gasteiger partial charge in [0, 0.05) is 48.9 Å². The lowest BCUT2D eigenvalue weighted by atomic mass is 9.96. The number of carbonyl (C=O) groups is 1. The monoisotopic (exact) mass is 397 g/mol. The minimum atomic E-state index is -0.247. The number of thiazole rings is 1. The average Bonchev–Trinajstić information content (AvgIpc) is 3.15. The molecule has 144 valence electrons. The number of anilines is 2. The van der Waals surface area contributed by atoms with Crippen LogP contribution in [0.15, 0.2) is 48.9 Å². The molecule has 0 spiro atoms. The van der Waals surface area contributed by atoms with Crippen LogP contribution >= 0.6 is 11.3 Å². The molecular weight excluding hydrogens is 377 g/mol. The Bertz CT molecular complexity index is 941. The SMILES string of the molecule is O=C(Nc1ncc(Cc2cccc(F)c2)s1)C1CCN(c2ncccn2)CC1. The number of nitrogens with one attached hydrogen (secondary N) is 1. The van der Waals surface area contributed by atoms with Gasteiger partial charge in [-0.25, -0.2) is 19.3 Å². The van der Waals surface area contributed by atoms with Crippen molar-refractivity contribution in [3.05, 3.63) is 65.2 Å². The van der Waals surface area contributed by atoms with E-state index in [1.165, 1.54) is 23.5 Å². The maximum Gasteiger partial charge on any atom is 0.229 e. The zero-order chi connectivity index (χ0) is 19.3. The van der Waals surface area contributed by atoms with Gasteiger partial charge >= 0.3 is 0 Å². The Labute approximate surface area is 166 Å². The molecule has 1 aromatic carbocycles. The summed E-state index contributed by atoms with van der Waals surface area (Å²) < 4.78 is 13.3. The summed E-state index contributed by atoms with van der Waals surface area (Å²) in [4.78, 5) is 28.5. The molecule has 8 heteroatoms. The van der Waals surface area contributed by atoms with Crippen LogP contribution in [0.1, 0.15) is 23.3 Å². The highest BCUT2D eigenvalue weighted by Crippen LogP contribution is 2.25. The number of aromatic nitrogens is 3. The van der Waals surface area contributed by atoms with Gasteiger partial charge in [0.1, 0.15) is 5.82 Å². The predicted octanol–water partition coefficient (Wildman–Crippen LogP) is 3.52. The van der Waals surface area contributed by atoms with Crippen molar-refractivity contribution >= 4 is 28.3 Å². The molecule has 4 rings (SSSR count).